The Kier molecular flexibility index (Phi) is 5.06. The molecule has 110 valence electrons. The van der Waals surface area contributed by atoms with Crippen molar-refractivity contribution in [1.82, 2.24) is 10.6 Å². The zero-order valence-electron chi connectivity index (χ0n) is 12.2. The van der Waals surface area contributed by atoms with Crippen LogP contribution in [-0.4, -0.2) is 25.5 Å². The van der Waals surface area contributed by atoms with Gasteiger partial charge < -0.3 is 10.6 Å². The predicted octanol–water partition coefficient (Wildman–Crippen LogP) is 2.63. The van der Waals surface area contributed by atoms with Gasteiger partial charge in [0, 0.05) is 18.1 Å². The minimum atomic E-state index is 0.0202. The molecule has 0 aromatic heterocycles. The average Bonchev–Trinajstić information content (AvgIpc) is 2.89. The fraction of sp³-hybridized carbons (Fsp3) is 0.562. The number of nitrogens with one attached hydrogen (secondary N) is 2. The van der Waals surface area contributed by atoms with Crippen molar-refractivity contribution >= 4 is 17.5 Å². The summed E-state index contributed by atoms with van der Waals surface area (Å²) in [6.07, 6.45) is 1.84. The highest BCUT2D eigenvalue weighted by Gasteiger charge is 2.25. The van der Waals surface area contributed by atoms with Crippen LogP contribution in [0.1, 0.15) is 25.8 Å². The van der Waals surface area contributed by atoms with Crippen LogP contribution in [0.15, 0.2) is 24.3 Å². The lowest BCUT2D eigenvalue weighted by Gasteiger charge is -2.26. The molecule has 1 fully saturated rings. The Bertz CT molecular complexity index is 467. The minimum Gasteiger partial charge on any atom is -0.355 e. The third-order valence-corrected chi connectivity index (χ3v) is 3.98. The maximum atomic E-state index is 12.0. The fourth-order valence-corrected chi connectivity index (χ4v) is 2.82. The van der Waals surface area contributed by atoms with Gasteiger partial charge in [-0.15, -0.1) is 0 Å². The predicted molar refractivity (Wildman–Crippen MR) is 82.9 cm³/mol. The van der Waals surface area contributed by atoms with E-state index in [2.05, 4.69) is 30.5 Å². The first-order valence-corrected chi connectivity index (χ1v) is 7.57. The SMILES string of the molecule is CC(C)(CNC(=O)C1CCNC1)Cc1cccc(Cl)c1. The first kappa shape index (κ1) is 15.3. The molecular formula is C16H23ClN2O. The van der Waals surface area contributed by atoms with E-state index in [4.69, 9.17) is 11.6 Å². The molecule has 1 atom stereocenters. The molecule has 1 heterocycles. The van der Waals surface area contributed by atoms with Gasteiger partial charge in [0.05, 0.1) is 5.92 Å². The molecule has 0 saturated carbocycles. The van der Waals surface area contributed by atoms with Crippen LogP contribution in [0.4, 0.5) is 0 Å². The van der Waals surface area contributed by atoms with Gasteiger partial charge in [0.25, 0.3) is 0 Å². The number of carbonyl (C=O) groups is 1. The first-order chi connectivity index (χ1) is 9.46. The molecule has 1 amide bonds. The largest absolute Gasteiger partial charge is 0.355 e. The van der Waals surface area contributed by atoms with Gasteiger partial charge in [0.1, 0.15) is 0 Å². The summed E-state index contributed by atoms with van der Waals surface area (Å²) in [5, 5.41) is 7.07. The lowest BCUT2D eigenvalue weighted by Crippen LogP contribution is -2.39. The fourth-order valence-electron chi connectivity index (χ4n) is 2.61. The van der Waals surface area contributed by atoms with E-state index in [0.717, 1.165) is 31.0 Å². The first-order valence-electron chi connectivity index (χ1n) is 7.19. The van der Waals surface area contributed by atoms with E-state index in [1.807, 2.05) is 18.2 Å². The van der Waals surface area contributed by atoms with Gasteiger partial charge in [-0.05, 0) is 42.5 Å². The summed E-state index contributed by atoms with van der Waals surface area (Å²) < 4.78 is 0. The van der Waals surface area contributed by atoms with Crippen molar-refractivity contribution in [3.8, 4) is 0 Å². The Morgan fingerprint density at radius 2 is 2.30 bits per heavy atom. The maximum Gasteiger partial charge on any atom is 0.224 e. The Balaban J connectivity index is 1.85. The Morgan fingerprint density at radius 1 is 1.50 bits per heavy atom. The van der Waals surface area contributed by atoms with Crippen LogP contribution in [0, 0.1) is 11.3 Å². The average molecular weight is 295 g/mol. The molecule has 0 spiro atoms. The van der Waals surface area contributed by atoms with Crippen molar-refractivity contribution in [2.75, 3.05) is 19.6 Å². The normalized spacial score (nSPS) is 19.1. The van der Waals surface area contributed by atoms with Crippen molar-refractivity contribution in [3.05, 3.63) is 34.9 Å². The van der Waals surface area contributed by atoms with E-state index in [-0.39, 0.29) is 17.2 Å². The molecule has 1 saturated heterocycles. The number of carbonyl (C=O) groups excluding carboxylic acids is 1. The van der Waals surface area contributed by atoms with Gasteiger partial charge in [-0.3, -0.25) is 4.79 Å². The molecule has 1 aliphatic rings. The molecule has 0 aliphatic carbocycles. The van der Waals surface area contributed by atoms with Crippen molar-refractivity contribution < 1.29 is 4.79 Å². The number of amides is 1. The van der Waals surface area contributed by atoms with Crippen LogP contribution in [0.3, 0.4) is 0 Å². The third-order valence-electron chi connectivity index (χ3n) is 3.74. The Hall–Kier alpha value is -1.06. The third kappa shape index (κ3) is 4.50. The monoisotopic (exact) mass is 294 g/mol. The van der Waals surface area contributed by atoms with Crippen LogP contribution in [0.2, 0.25) is 5.02 Å². The zero-order chi connectivity index (χ0) is 14.6. The van der Waals surface area contributed by atoms with Crippen molar-refractivity contribution in [1.29, 1.82) is 0 Å². The number of halogens is 1. The summed E-state index contributed by atoms with van der Waals surface area (Å²) in [6.45, 7) is 6.78. The van der Waals surface area contributed by atoms with Gasteiger partial charge in [0.15, 0.2) is 0 Å². The zero-order valence-corrected chi connectivity index (χ0v) is 13.0. The molecule has 2 N–H and O–H groups in total. The molecule has 4 heteroatoms. The molecule has 1 aromatic carbocycles. The topological polar surface area (TPSA) is 41.1 Å². The van der Waals surface area contributed by atoms with Gasteiger partial charge >= 0.3 is 0 Å². The summed E-state index contributed by atoms with van der Waals surface area (Å²) in [5.74, 6) is 0.311. The Labute approximate surface area is 126 Å². The van der Waals surface area contributed by atoms with Gasteiger partial charge in [-0.1, -0.05) is 37.6 Å². The van der Waals surface area contributed by atoms with Gasteiger partial charge in [0.2, 0.25) is 5.91 Å². The van der Waals surface area contributed by atoms with E-state index in [1.54, 1.807) is 0 Å². The van der Waals surface area contributed by atoms with E-state index in [1.165, 1.54) is 5.56 Å². The molecule has 20 heavy (non-hydrogen) atoms. The molecule has 0 bridgehead atoms. The second-order valence-corrected chi connectivity index (χ2v) is 6.81. The summed E-state index contributed by atoms with van der Waals surface area (Å²) in [7, 11) is 0. The van der Waals surface area contributed by atoms with Crippen LogP contribution in [0.5, 0.6) is 0 Å². The molecule has 1 aliphatic heterocycles. The van der Waals surface area contributed by atoms with Crippen LogP contribution >= 0.6 is 11.6 Å². The number of benzene rings is 1. The summed E-state index contributed by atoms with van der Waals surface area (Å²) in [4.78, 5) is 12.0. The lowest BCUT2D eigenvalue weighted by atomic mass is 9.85. The van der Waals surface area contributed by atoms with Gasteiger partial charge in [-0.2, -0.15) is 0 Å². The molecular weight excluding hydrogens is 272 g/mol. The van der Waals surface area contributed by atoms with Crippen molar-refractivity contribution in [2.24, 2.45) is 11.3 Å². The summed E-state index contributed by atoms with van der Waals surface area (Å²) in [6, 6.07) is 7.92. The standard InChI is InChI=1S/C16H23ClN2O/c1-16(2,9-12-4-3-5-14(17)8-12)11-19-15(20)13-6-7-18-10-13/h3-5,8,13,18H,6-7,9-11H2,1-2H3,(H,19,20). The van der Waals surface area contributed by atoms with E-state index >= 15 is 0 Å². The minimum absolute atomic E-state index is 0.0202. The number of hydrogen-bond donors (Lipinski definition) is 2. The highest BCUT2D eigenvalue weighted by Crippen LogP contribution is 2.23. The second kappa shape index (κ2) is 6.59. The molecule has 0 radical (unpaired) electrons. The molecule has 2 rings (SSSR count). The maximum absolute atomic E-state index is 12.0. The van der Waals surface area contributed by atoms with Gasteiger partial charge in [-0.25, -0.2) is 0 Å². The highest BCUT2D eigenvalue weighted by atomic mass is 35.5. The smallest absolute Gasteiger partial charge is 0.224 e. The van der Waals surface area contributed by atoms with E-state index < -0.39 is 0 Å². The quantitative estimate of drug-likeness (QED) is 0.876. The van der Waals surface area contributed by atoms with Crippen LogP contribution in [-0.2, 0) is 11.2 Å². The van der Waals surface area contributed by atoms with E-state index in [0.29, 0.717) is 6.54 Å². The number of hydrogen-bond acceptors (Lipinski definition) is 2. The molecule has 1 aromatic rings. The molecule has 3 nitrogen and oxygen atoms in total. The van der Waals surface area contributed by atoms with Crippen molar-refractivity contribution in [3.63, 3.8) is 0 Å². The summed E-state index contributed by atoms with van der Waals surface area (Å²) in [5.41, 5.74) is 1.23. The van der Waals surface area contributed by atoms with Crippen molar-refractivity contribution in [2.45, 2.75) is 26.7 Å². The van der Waals surface area contributed by atoms with Crippen LogP contribution in [0.25, 0.3) is 0 Å². The second-order valence-electron chi connectivity index (χ2n) is 6.38. The summed E-state index contributed by atoms with van der Waals surface area (Å²) >= 11 is 6.01. The number of rotatable bonds is 5. The molecule has 1 unspecified atom stereocenters. The Morgan fingerprint density at radius 3 is 2.95 bits per heavy atom. The van der Waals surface area contributed by atoms with Crippen LogP contribution < -0.4 is 10.6 Å². The van der Waals surface area contributed by atoms with E-state index in [9.17, 15) is 4.79 Å². The highest BCUT2D eigenvalue weighted by molar-refractivity contribution is 6.30. The lowest BCUT2D eigenvalue weighted by molar-refractivity contribution is -0.124.